The summed E-state index contributed by atoms with van der Waals surface area (Å²) in [6, 6.07) is 6.73. The molecule has 0 aliphatic carbocycles. The first-order valence-corrected chi connectivity index (χ1v) is 7.84. The predicted molar refractivity (Wildman–Crippen MR) is 88.7 cm³/mol. The topological polar surface area (TPSA) is 93.7 Å². The highest BCUT2D eigenvalue weighted by Crippen LogP contribution is 2.18. The summed E-state index contributed by atoms with van der Waals surface area (Å²) in [5.74, 6) is -0.482. The number of aryl methyl sites for hydroxylation is 1. The Morgan fingerprint density at radius 3 is 2.58 bits per heavy atom. The van der Waals surface area contributed by atoms with Gasteiger partial charge in [-0.1, -0.05) is 25.1 Å². The molecule has 0 saturated carbocycles. The number of ether oxygens (including phenoxy) is 2. The van der Waals surface area contributed by atoms with E-state index < -0.39 is 24.5 Å². The van der Waals surface area contributed by atoms with Gasteiger partial charge >= 0.3 is 12.0 Å². The van der Waals surface area contributed by atoms with E-state index in [4.69, 9.17) is 9.47 Å². The second-order valence-electron chi connectivity index (χ2n) is 5.30. The van der Waals surface area contributed by atoms with Crippen molar-refractivity contribution in [1.29, 1.82) is 0 Å². The lowest BCUT2D eigenvalue weighted by Gasteiger charge is -2.12. The molecular weight excluding hydrogens is 312 g/mol. The first-order chi connectivity index (χ1) is 11.5. The Bertz CT molecular complexity index is 574. The highest BCUT2D eigenvalue weighted by molar-refractivity contribution is 5.95. The van der Waals surface area contributed by atoms with Gasteiger partial charge in [-0.15, -0.1) is 0 Å². The van der Waals surface area contributed by atoms with Crippen LogP contribution in [0.25, 0.3) is 0 Å². The zero-order valence-electron chi connectivity index (χ0n) is 14.3. The molecule has 7 heteroatoms. The number of nitrogens with one attached hydrogen (secondary N) is 2. The Morgan fingerprint density at radius 2 is 1.92 bits per heavy atom. The molecule has 0 radical (unpaired) electrons. The monoisotopic (exact) mass is 336 g/mol. The van der Waals surface area contributed by atoms with Crippen molar-refractivity contribution in [2.75, 3.05) is 13.7 Å². The molecule has 2 N–H and O–H groups in total. The van der Waals surface area contributed by atoms with Gasteiger partial charge in [0.15, 0.2) is 6.61 Å². The van der Waals surface area contributed by atoms with Crippen molar-refractivity contribution in [3.8, 4) is 5.75 Å². The van der Waals surface area contributed by atoms with E-state index in [0.29, 0.717) is 12.2 Å². The van der Waals surface area contributed by atoms with E-state index in [1.807, 2.05) is 38.1 Å². The smallest absolute Gasteiger partial charge is 0.321 e. The van der Waals surface area contributed by atoms with Crippen molar-refractivity contribution >= 4 is 17.9 Å². The van der Waals surface area contributed by atoms with Crippen molar-refractivity contribution in [1.82, 2.24) is 10.6 Å². The van der Waals surface area contributed by atoms with Gasteiger partial charge in [-0.25, -0.2) is 4.79 Å². The second-order valence-corrected chi connectivity index (χ2v) is 5.30. The standard InChI is InChI=1S/C17H24N2O5/c1-4-12(2)18-17(22)19-15(20)11-24-16(21)10-9-13-7-5-6-8-14(13)23-3/h5-8,12H,4,9-11H2,1-3H3,(H2,18,19,20,22)/t12-/m0/s1. The van der Waals surface area contributed by atoms with E-state index in [1.54, 1.807) is 7.11 Å². The zero-order valence-corrected chi connectivity index (χ0v) is 14.3. The van der Waals surface area contributed by atoms with E-state index in [2.05, 4.69) is 10.6 Å². The number of imide groups is 1. The third-order valence-corrected chi connectivity index (χ3v) is 3.40. The van der Waals surface area contributed by atoms with Gasteiger partial charge in [0.05, 0.1) is 7.11 Å². The normalized spacial score (nSPS) is 11.3. The maximum absolute atomic E-state index is 11.7. The van der Waals surface area contributed by atoms with Crippen LogP contribution < -0.4 is 15.4 Å². The van der Waals surface area contributed by atoms with Crippen LogP contribution >= 0.6 is 0 Å². The largest absolute Gasteiger partial charge is 0.496 e. The van der Waals surface area contributed by atoms with E-state index in [1.165, 1.54) is 0 Å². The molecule has 1 aromatic carbocycles. The fraction of sp³-hybridized carbons (Fsp3) is 0.471. The van der Waals surface area contributed by atoms with Crippen LogP contribution in [0, 0.1) is 0 Å². The fourth-order valence-corrected chi connectivity index (χ4v) is 1.89. The van der Waals surface area contributed by atoms with Gasteiger partial charge in [-0.05, 0) is 31.4 Å². The fourth-order valence-electron chi connectivity index (χ4n) is 1.89. The van der Waals surface area contributed by atoms with Crippen molar-refractivity contribution in [2.45, 2.75) is 39.2 Å². The van der Waals surface area contributed by atoms with Crippen LogP contribution in [-0.2, 0) is 20.7 Å². The average molecular weight is 336 g/mol. The lowest BCUT2D eigenvalue weighted by molar-refractivity contribution is -0.148. The summed E-state index contributed by atoms with van der Waals surface area (Å²) in [5.41, 5.74) is 0.884. The minimum Gasteiger partial charge on any atom is -0.496 e. The number of esters is 1. The average Bonchev–Trinajstić information content (AvgIpc) is 2.57. The predicted octanol–water partition coefficient (Wildman–Crippen LogP) is 1.80. The number of carbonyl (C=O) groups is 3. The van der Waals surface area contributed by atoms with E-state index >= 15 is 0 Å². The number of rotatable bonds is 8. The molecule has 0 aliphatic heterocycles. The number of amides is 3. The molecule has 1 atom stereocenters. The second kappa shape index (κ2) is 10.3. The van der Waals surface area contributed by atoms with Crippen LogP contribution in [-0.4, -0.2) is 37.7 Å². The Labute approximate surface area is 141 Å². The molecule has 132 valence electrons. The van der Waals surface area contributed by atoms with Crippen molar-refractivity contribution in [3.63, 3.8) is 0 Å². The SMILES string of the molecule is CC[C@H](C)NC(=O)NC(=O)COC(=O)CCc1ccccc1OC. The minimum atomic E-state index is -0.665. The quantitative estimate of drug-likeness (QED) is 0.706. The van der Waals surface area contributed by atoms with Crippen LogP contribution in [0.5, 0.6) is 5.75 Å². The molecule has 7 nitrogen and oxygen atoms in total. The Hall–Kier alpha value is -2.57. The first-order valence-electron chi connectivity index (χ1n) is 7.84. The van der Waals surface area contributed by atoms with Crippen molar-refractivity contribution in [3.05, 3.63) is 29.8 Å². The maximum atomic E-state index is 11.7. The van der Waals surface area contributed by atoms with Gasteiger partial charge in [0.1, 0.15) is 5.75 Å². The first kappa shape index (κ1) is 19.5. The number of hydrogen-bond donors (Lipinski definition) is 2. The lowest BCUT2D eigenvalue weighted by Crippen LogP contribution is -2.44. The summed E-state index contributed by atoms with van der Waals surface area (Å²) in [6.07, 6.45) is 1.31. The molecule has 0 saturated heterocycles. The van der Waals surface area contributed by atoms with E-state index in [-0.39, 0.29) is 12.5 Å². The van der Waals surface area contributed by atoms with Crippen LogP contribution in [0.1, 0.15) is 32.3 Å². The number of hydrogen-bond acceptors (Lipinski definition) is 5. The van der Waals surface area contributed by atoms with Crippen LogP contribution in [0.4, 0.5) is 4.79 Å². The molecule has 0 spiro atoms. The van der Waals surface area contributed by atoms with Crippen LogP contribution in [0.2, 0.25) is 0 Å². The van der Waals surface area contributed by atoms with Gasteiger partial charge in [0.2, 0.25) is 0 Å². The molecule has 1 rings (SSSR count). The molecule has 0 aliphatic rings. The van der Waals surface area contributed by atoms with E-state index in [0.717, 1.165) is 12.0 Å². The third kappa shape index (κ3) is 7.13. The van der Waals surface area contributed by atoms with E-state index in [9.17, 15) is 14.4 Å². The Morgan fingerprint density at radius 1 is 1.21 bits per heavy atom. The molecule has 0 fully saturated rings. The van der Waals surface area contributed by atoms with Crippen LogP contribution in [0.3, 0.4) is 0 Å². The number of para-hydroxylation sites is 1. The number of methoxy groups -OCH3 is 1. The molecule has 0 bridgehead atoms. The summed E-state index contributed by atoms with van der Waals surface area (Å²) < 4.78 is 10.1. The summed E-state index contributed by atoms with van der Waals surface area (Å²) in [7, 11) is 1.56. The Kier molecular flexibility index (Phi) is 8.32. The molecule has 3 amide bonds. The summed E-state index contributed by atoms with van der Waals surface area (Å²) in [4.78, 5) is 34.7. The van der Waals surface area contributed by atoms with Crippen molar-refractivity contribution < 1.29 is 23.9 Å². The Balaban J connectivity index is 2.30. The minimum absolute atomic E-state index is 0.0406. The van der Waals surface area contributed by atoms with Gasteiger partial charge in [0, 0.05) is 12.5 Å². The zero-order chi connectivity index (χ0) is 17.9. The van der Waals surface area contributed by atoms with Gasteiger partial charge in [-0.2, -0.15) is 0 Å². The summed E-state index contributed by atoms with van der Waals surface area (Å²) in [5, 5.41) is 4.69. The number of urea groups is 1. The maximum Gasteiger partial charge on any atom is 0.321 e. The highest BCUT2D eigenvalue weighted by Gasteiger charge is 2.13. The molecule has 0 aromatic heterocycles. The van der Waals surface area contributed by atoms with Crippen LogP contribution in [0.15, 0.2) is 24.3 Å². The number of carbonyl (C=O) groups excluding carboxylic acids is 3. The van der Waals surface area contributed by atoms with Gasteiger partial charge < -0.3 is 14.8 Å². The van der Waals surface area contributed by atoms with Gasteiger partial charge in [0.25, 0.3) is 5.91 Å². The lowest BCUT2D eigenvalue weighted by atomic mass is 10.1. The summed E-state index contributed by atoms with van der Waals surface area (Å²) >= 11 is 0. The van der Waals surface area contributed by atoms with Gasteiger partial charge in [-0.3, -0.25) is 14.9 Å². The molecule has 0 heterocycles. The molecular formula is C17H24N2O5. The molecule has 24 heavy (non-hydrogen) atoms. The number of benzene rings is 1. The molecule has 1 aromatic rings. The summed E-state index contributed by atoms with van der Waals surface area (Å²) in [6.45, 7) is 3.25. The van der Waals surface area contributed by atoms with Crippen molar-refractivity contribution in [2.24, 2.45) is 0 Å². The highest BCUT2D eigenvalue weighted by atomic mass is 16.5. The molecule has 0 unspecified atom stereocenters. The third-order valence-electron chi connectivity index (χ3n) is 3.40.